The summed E-state index contributed by atoms with van der Waals surface area (Å²) in [5, 5.41) is 3.61. The fourth-order valence-corrected chi connectivity index (χ4v) is 3.55. The maximum atomic E-state index is 12.4. The lowest BCUT2D eigenvalue weighted by Crippen LogP contribution is -2.49. The summed E-state index contributed by atoms with van der Waals surface area (Å²) in [4.78, 5) is 25.3. The molecule has 1 spiro atoms. The molecule has 1 fully saturated rings. The zero-order chi connectivity index (χ0) is 17.4. The van der Waals surface area contributed by atoms with Gasteiger partial charge in [0.05, 0.1) is 18.5 Å². The van der Waals surface area contributed by atoms with Crippen LogP contribution in [0.1, 0.15) is 34.7 Å². The molecule has 25 heavy (non-hydrogen) atoms. The highest BCUT2D eigenvalue weighted by Gasteiger charge is 2.43. The Morgan fingerprint density at radius 3 is 2.80 bits per heavy atom. The number of carbonyl (C=O) groups excluding carboxylic acids is 1. The van der Waals surface area contributed by atoms with Gasteiger partial charge in [0.25, 0.3) is 5.91 Å². The zero-order valence-electron chi connectivity index (χ0n) is 14.4. The summed E-state index contributed by atoms with van der Waals surface area (Å²) in [5.74, 6) is 0.835. The minimum atomic E-state index is -0.431. The maximum absolute atomic E-state index is 12.4. The van der Waals surface area contributed by atoms with Crippen LogP contribution in [0.15, 0.2) is 23.0 Å². The van der Waals surface area contributed by atoms with E-state index in [4.69, 9.17) is 14.2 Å². The Balaban J connectivity index is 1.57. The number of aromatic nitrogens is 3. The number of nitrogens with zero attached hydrogens (tertiary/aromatic N) is 5. The fraction of sp³-hybridized carbons (Fsp3) is 0.529. The summed E-state index contributed by atoms with van der Waals surface area (Å²) >= 11 is 0. The van der Waals surface area contributed by atoms with Gasteiger partial charge in [0.15, 0.2) is 0 Å². The number of piperidine rings is 1. The highest BCUT2D eigenvalue weighted by molar-refractivity contribution is 5.91. The summed E-state index contributed by atoms with van der Waals surface area (Å²) in [6, 6.07) is 1.59. The zero-order valence-corrected chi connectivity index (χ0v) is 14.4. The Labute approximate surface area is 145 Å². The van der Waals surface area contributed by atoms with E-state index in [1.54, 1.807) is 11.0 Å². The van der Waals surface area contributed by atoms with Crippen molar-refractivity contribution in [3.05, 3.63) is 35.5 Å². The maximum Gasteiger partial charge on any atom is 0.292 e. The molecule has 8 nitrogen and oxygen atoms in total. The van der Waals surface area contributed by atoms with E-state index in [1.165, 1.54) is 6.20 Å². The van der Waals surface area contributed by atoms with Crippen molar-refractivity contribution >= 4 is 11.9 Å². The molecular weight excluding hydrogens is 322 g/mol. The Kier molecular flexibility index (Phi) is 3.91. The van der Waals surface area contributed by atoms with Gasteiger partial charge in [-0.25, -0.2) is 9.97 Å². The van der Waals surface area contributed by atoms with Gasteiger partial charge in [-0.2, -0.15) is 0 Å². The number of hydrogen-bond donors (Lipinski definition) is 0. The number of rotatable bonds is 2. The molecule has 0 aromatic carbocycles. The third-order valence-corrected chi connectivity index (χ3v) is 4.94. The van der Waals surface area contributed by atoms with E-state index >= 15 is 0 Å². The number of fused-ring (bicyclic) bond motifs is 2. The molecule has 0 radical (unpaired) electrons. The van der Waals surface area contributed by atoms with Gasteiger partial charge in [-0.05, 0) is 24.8 Å². The van der Waals surface area contributed by atoms with Crippen LogP contribution in [0, 0.1) is 0 Å². The number of carbonyl (C=O) groups is 1. The van der Waals surface area contributed by atoms with Crippen LogP contribution in [0.4, 0.5) is 5.95 Å². The predicted molar refractivity (Wildman–Crippen MR) is 89.3 cm³/mol. The molecule has 132 valence electrons. The highest BCUT2D eigenvalue weighted by atomic mass is 16.5. The van der Waals surface area contributed by atoms with Crippen molar-refractivity contribution < 1.29 is 14.1 Å². The van der Waals surface area contributed by atoms with Gasteiger partial charge >= 0.3 is 0 Å². The van der Waals surface area contributed by atoms with E-state index in [0.29, 0.717) is 38.5 Å². The number of anilines is 1. The molecule has 0 N–H and O–H groups in total. The lowest BCUT2D eigenvalue weighted by molar-refractivity contribution is -0.0969. The average Bonchev–Trinajstić information content (AvgIpc) is 3.16. The summed E-state index contributed by atoms with van der Waals surface area (Å²) in [6.45, 7) is 1.86. The Morgan fingerprint density at radius 1 is 1.32 bits per heavy atom. The van der Waals surface area contributed by atoms with Crippen LogP contribution in [0.2, 0.25) is 0 Å². The Bertz CT molecular complexity index is 767. The third kappa shape index (κ3) is 2.76. The Morgan fingerprint density at radius 2 is 2.12 bits per heavy atom. The Hall–Kier alpha value is -2.48. The van der Waals surface area contributed by atoms with E-state index in [1.807, 2.05) is 25.2 Å². The van der Waals surface area contributed by atoms with Crippen molar-refractivity contribution in [2.75, 3.05) is 38.7 Å². The van der Waals surface area contributed by atoms with Crippen molar-refractivity contribution in [3.63, 3.8) is 0 Å². The van der Waals surface area contributed by atoms with Crippen LogP contribution in [0.25, 0.3) is 0 Å². The number of amides is 1. The molecule has 4 heterocycles. The first-order valence-corrected chi connectivity index (χ1v) is 8.47. The molecule has 0 unspecified atom stereocenters. The third-order valence-electron chi connectivity index (χ3n) is 4.94. The quantitative estimate of drug-likeness (QED) is 0.811. The lowest BCUT2D eigenvalue weighted by atomic mass is 9.83. The molecular formula is C17H21N5O3. The molecule has 2 aromatic rings. The molecule has 1 saturated heterocycles. The first kappa shape index (κ1) is 16.0. The van der Waals surface area contributed by atoms with E-state index < -0.39 is 5.60 Å². The molecule has 8 heteroatoms. The van der Waals surface area contributed by atoms with Gasteiger partial charge in [0, 0.05) is 39.4 Å². The van der Waals surface area contributed by atoms with E-state index in [9.17, 15) is 4.79 Å². The normalized spacial score (nSPS) is 18.9. The van der Waals surface area contributed by atoms with Crippen LogP contribution in [-0.2, 0) is 16.8 Å². The molecule has 4 rings (SSSR count). The second kappa shape index (κ2) is 6.11. The van der Waals surface area contributed by atoms with Gasteiger partial charge < -0.3 is 19.1 Å². The van der Waals surface area contributed by atoms with Crippen LogP contribution in [0.3, 0.4) is 0 Å². The first-order valence-electron chi connectivity index (χ1n) is 8.47. The molecule has 2 aliphatic rings. The largest absolute Gasteiger partial charge is 0.368 e. The summed E-state index contributed by atoms with van der Waals surface area (Å²) in [7, 11) is 3.85. The van der Waals surface area contributed by atoms with E-state index in [2.05, 4.69) is 10.1 Å². The van der Waals surface area contributed by atoms with Crippen molar-refractivity contribution in [2.24, 2.45) is 0 Å². The van der Waals surface area contributed by atoms with E-state index in [-0.39, 0.29) is 11.7 Å². The molecule has 1 amide bonds. The van der Waals surface area contributed by atoms with Gasteiger partial charge in [-0.1, -0.05) is 5.16 Å². The van der Waals surface area contributed by atoms with Gasteiger partial charge in [0.1, 0.15) is 5.60 Å². The number of likely N-dealkylation sites (tertiary alicyclic amines) is 1. The highest BCUT2D eigenvalue weighted by Crippen LogP contribution is 2.40. The molecule has 0 aliphatic carbocycles. The minimum Gasteiger partial charge on any atom is -0.368 e. The first-order chi connectivity index (χ1) is 12.1. The summed E-state index contributed by atoms with van der Waals surface area (Å²) < 4.78 is 11.2. The average molecular weight is 343 g/mol. The van der Waals surface area contributed by atoms with Crippen LogP contribution >= 0.6 is 0 Å². The van der Waals surface area contributed by atoms with Crippen molar-refractivity contribution in [2.45, 2.75) is 24.9 Å². The summed E-state index contributed by atoms with van der Waals surface area (Å²) in [6.07, 6.45) is 5.64. The predicted octanol–water partition coefficient (Wildman–Crippen LogP) is 1.23. The lowest BCUT2D eigenvalue weighted by Gasteiger charge is -2.43. The van der Waals surface area contributed by atoms with Crippen LogP contribution in [-0.4, -0.2) is 59.7 Å². The molecule has 2 aromatic heterocycles. The van der Waals surface area contributed by atoms with Gasteiger partial charge in [-0.3, -0.25) is 4.79 Å². The molecule has 0 atom stereocenters. The fourth-order valence-electron chi connectivity index (χ4n) is 3.55. The van der Waals surface area contributed by atoms with Crippen LogP contribution in [0.5, 0.6) is 0 Å². The van der Waals surface area contributed by atoms with Crippen molar-refractivity contribution in [3.8, 4) is 0 Å². The van der Waals surface area contributed by atoms with Gasteiger partial charge in [0.2, 0.25) is 11.7 Å². The second-order valence-corrected chi connectivity index (χ2v) is 6.70. The SMILES string of the molecule is CN(C)c1ncc2c(n1)C1(CCN(C(=O)c3ccno3)CC1)OCC2. The number of hydrogen-bond acceptors (Lipinski definition) is 7. The van der Waals surface area contributed by atoms with E-state index in [0.717, 1.165) is 17.7 Å². The molecule has 0 bridgehead atoms. The standard InChI is InChI=1S/C17H21N5O3/c1-21(2)16-18-11-12-4-10-24-17(14(12)20-16)5-8-22(9-6-17)15(23)13-3-7-19-25-13/h3,7,11H,4-6,8-10H2,1-2H3. The minimum absolute atomic E-state index is 0.125. The van der Waals surface area contributed by atoms with Gasteiger partial charge in [-0.15, -0.1) is 0 Å². The second-order valence-electron chi connectivity index (χ2n) is 6.70. The van der Waals surface area contributed by atoms with Crippen molar-refractivity contribution in [1.82, 2.24) is 20.0 Å². The topological polar surface area (TPSA) is 84.6 Å². The smallest absolute Gasteiger partial charge is 0.292 e. The van der Waals surface area contributed by atoms with Crippen LogP contribution < -0.4 is 4.90 Å². The van der Waals surface area contributed by atoms with Crippen molar-refractivity contribution in [1.29, 1.82) is 0 Å². The number of ether oxygens (including phenoxy) is 1. The monoisotopic (exact) mass is 343 g/mol. The molecule has 0 saturated carbocycles. The molecule has 2 aliphatic heterocycles. The summed E-state index contributed by atoms with van der Waals surface area (Å²) in [5.41, 5.74) is 1.69.